The molecule has 0 saturated heterocycles. The van der Waals surface area contributed by atoms with Crippen LogP contribution in [0, 0.1) is 13.8 Å². The molecule has 0 bridgehead atoms. The molecule has 2 N–H and O–H groups in total. The number of hydrogen-bond acceptors (Lipinski definition) is 6. The summed E-state index contributed by atoms with van der Waals surface area (Å²) in [6, 6.07) is 0. The summed E-state index contributed by atoms with van der Waals surface area (Å²) in [6.45, 7) is 4.42. The molecule has 0 amide bonds. The van der Waals surface area contributed by atoms with E-state index >= 15 is 0 Å². The molecule has 2 aromatic rings. The summed E-state index contributed by atoms with van der Waals surface area (Å²) in [4.78, 5) is 8.28. The average Bonchev–Trinajstić information content (AvgIpc) is 2.68. The maximum absolute atomic E-state index is 5.11. The van der Waals surface area contributed by atoms with Gasteiger partial charge in [0, 0.05) is 19.2 Å². The van der Waals surface area contributed by atoms with Gasteiger partial charge in [-0.15, -0.1) is 0 Å². The van der Waals surface area contributed by atoms with Crippen LogP contribution < -0.4 is 10.6 Å². The molecule has 0 spiro atoms. The summed E-state index contributed by atoms with van der Waals surface area (Å²) in [5.74, 6) is 2.29. The number of halogens is 1. The minimum atomic E-state index is 0.611. The van der Waals surface area contributed by atoms with Crippen molar-refractivity contribution in [2.45, 2.75) is 20.4 Å². The Balaban J connectivity index is 2.16. The fourth-order valence-electron chi connectivity index (χ4n) is 1.59. The monoisotopic (exact) mass is 311 g/mol. The van der Waals surface area contributed by atoms with Gasteiger partial charge in [0.15, 0.2) is 0 Å². The highest BCUT2D eigenvalue weighted by molar-refractivity contribution is 9.10. The summed E-state index contributed by atoms with van der Waals surface area (Å²) in [5, 5.41) is 10.1. The number of aromatic nitrogens is 3. The molecule has 6 nitrogen and oxygen atoms in total. The number of hydrogen-bond donors (Lipinski definition) is 2. The van der Waals surface area contributed by atoms with Gasteiger partial charge in [0.25, 0.3) is 0 Å². The SMILES string of the molecule is CNc1ncnc(NCc2c(C)noc2C)c1Br. The zero-order valence-electron chi connectivity index (χ0n) is 10.4. The van der Waals surface area contributed by atoms with Crippen LogP contribution in [-0.2, 0) is 6.54 Å². The first kappa shape index (κ1) is 12.8. The van der Waals surface area contributed by atoms with Crippen LogP contribution in [0.25, 0.3) is 0 Å². The lowest BCUT2D eigenvalue weighted by Gasteiger charge is -2.09. The topological polar surface area (TPSA) is 75.9 Å². The molecule has 0 aliphatic rings. The van der Waals surface area contributed by atoms with Crippen molar-refractivity contribution in [2.75, 3.05) is 17.7 Å². The van der Waals surface area contributed by atoms with Crippen LogP contribution >= 0.6 is 15.9 Å². The molecule has 96 valence electrons. The predicted molar refractivity (Wildman–Crippen MR) is 72.6 cm³/mol. The van der Waals surface area contributed by atoms with Crippen molar-refractivity contribution in [2.24, 2.45) is 0 Å². The number of anilines is 2. The van der Waals surface area contributed by atoms with Crippen molar-refractivity contribution in [3.63, 3.8) is 0 Å². The third-order valence-corrected chi connectivity index (χ3v) is 3.39. The Kier molecular flexibility index (Phi) is 3.81. The van der Waals surface area contributed by atoms with E-state index in [0.717, 1.165) is 33.1 Å². The molecule has 0 fully saturated rings. The van der Waals surface area contributed by atoms with Crippen LogP contribution in [0.2, 0.25) is 0 Å². The maximum atomic E-state index is 5.11. The predicted octanol–water partition coefficient (Wildman–Crippen LogP) is 2.50. The third-order valence-electron chi connectivity index (χ3n) is 2.64. The zero-order valence-corrected chi connectivity index (χ0v) is 12.0. The highest BCUT2D eigenvalue weighted by Crippen LogP contribution is 2.26. The van der Waals surface area contributed by atoms with Gasteiger partial charge in [-0.1, -0.05) is 5.16 Å². The molecule has 0 radical (unpaired) electrons. The summed E-state index contributed by atoms with van der Waals surface area (Å²) in [5.41, 5.74) is 1.94. The standard InChI is InChI=1S/C11H14BrN5O/c1-6-8(7(2)18-17-6)4-14-11-9(12)10(13-3)15-5-16-11/h5H,4H2,1-3H3,(H2,13,14,15,16). The lowest BCUT2D eigenvalue weighted by molar-refractivity contribution is 0.392. The van der Waals surface area contributed by atoms with Gasteiger partial charge in [-0.25, -0.2) is 9.97 Å². The van der Waals surface area contributed by atoms with Crippen LogP contribution in [0.15, 0.2) is 15.3 Å². The van der Waals surface area contributed by atoms with Crippen LogP contribution in [0.1, 0.15) is 17.0 Å². The Morgan fingerprint density at radius 1 is 1.28 bits per heavy atom. The number of rotatable bonds is 4. The van der Waals surface area contributed by atoms with Crippen molar-refractivity contribution < 1.29 is 4.52 Å². The van der Waals surface area contributed by atoms with E-state index in [2.05, 4.69) is 41.7 Å². The van der Waals surface area contributed by atoms with Crippen molar-refractivity contribution >= 4 is 27.6 Å². The van der Waals surface area contributed by atoms with Gasteiger partial charge in [0.2, 0.25) is 0 Å². The number of nitrogens with zero attached hydrogens (tertiary/aromatic N) is 3. The van der Waals surface area contributed by atoms with Crippen molar-refractivity contribution in [1.82, 2.24) is 15.1 Å². The Morgan fingerprint density at radius 2 is 2.00 bits per heavy atom. The Morgan fingerprint density at radius 3 is 2.61 bits per heavy atom. The Labute approximate surface area is 113 Å². The van der Waals surface area contributed by atoms with Crippen LogP contribution in [-0.4, -0.2) is 22.2 Å². The molecule has 2 rings (SSSR count). The summed E-state index contributed by atoms with van der Waals surface area (Å²) < 4.78 is 5.92. The van der Waals surface area contributed by atoms with Gasteiger partial charge in [0.1, 0.15) is 28.2 Å². The molecule has 0 aliphatic carbocycles. The van der Waals surface area contributed by atoms with Crippen LogP contribution in [0.3, 0.4) is 0 Å². The minimum absolute atomic E-state index is 0.611. The van der Waals surface area contributed by atoms with Crippen LogP contribution in [0.4, 0.5) is 11.6 Å². The van der Waals surface area contributed by atoms with Gasteiger partial charge in [0.05, 0.1) is 5.69 Å². The lowest BCUT2D eigenvalue weighted by Crippen LogP contribution is -2.05. The van der Waals surface area contributed by atoms with Gasteiger partial charge in [-0.3, -0.25) is 0 Å². The third kappa shape index (κ3) is 2.45. The lowest BCUT2D eigenvalue weighted by atomic mass is 10.2. The van der Waals surface area contributed by atoms with E-state index in [1.54, 1.807) is 0 Å². The van der Waals surface area contributed by atoms with Gasteiger partial charge in [-0.2, -0.15) is 0 Å². The average molecular weight is 312 g/mol. The molecule has 0 saturated carbocycles. The van der Waals surface area contributed by atoms with E-state index in [1.807, 2.05) is 20.9 Å². The summed E-state index contributed by atoms with van der Waals surface area (Å²) >= 11 is 3.45. The summed E-state index contributed by atoms with van der Waals surface area (Å²) in [7, 11) is 1.81. The normalized spacial score (nSPS) is 10.4. The van der Waals surface area contributed by atoms with Gasteiger partial charge < -0.3 is 15.2 Å². The molecule has 18 heavy (non-hydrogen) atoms. The first-order valence-corrected chi connectivity index (χ1v) is 6.26. The van der Waals surface area contributed by atoms with E-state index in [4.69, 9.17) is 4.52 Å². The molecule has 0 unspecified atom stereocenters. The maximum Gasteiger partial charge on any atom is 0.146 e. The molecule has 0 atom stereocenters. The fourth-order valence-corrected chi connectivity index (χ4v) is 2.14. The second-order valence-corrected chi connectivity index (χ2v) is 4.58. The first-order chi connectivity index (χ1) is 8.63. The van der Waals surface area contributed by atoms with E-state index in [9.17, 15) is 0 Å². The van der Waals surface area contributed by atoms with Crippen molar-refractivity contribution in [1.29, 1.82) is 0 Å². The highest BCUT2D eigenvalue weighted by atomic mass is 79.9. The minimum Gasteiger partial charge on any atom is -0.372 e. The number of aryl methyl sites for hydroxylation is 2. The Hall–Kier alpha value is -1.63. The van der Waals surface area contributed by atoms with E-state index in [0.29, 0.717) is 6.54 Å². The second kappa shape index (κ2) is 5.34. The number of nitrogens with one attached hydrogen (secondary N) is 2. The quantitative estimate of drug-likeness (QED) is 0.903. The molecular weight excluding hydrogens is 298 g/mol. The highest BCUT2D eigenvalue weighted by Gasteiger charge is 2.11. The molecule has 0 aromatic carbocycles. The van der Waals surface area contributed by atoms with Crippen molar-refractivity contribution in [3.05, 3.63) is 27.8 Å². The van der Waals surface area contributed by atoms with E-state index in [-0.39, 0.29) is 0 Å². The van der Waals surface area contributed by atoms with Gasteiger partial charge >= 0.3 is 0 Å². The molecular formula is C11H14BrN5O. The molecule has 2 heterocycles. The second-order valence-electron chi connectivity index (χ2n) is 3.79. The summed E-state index contributed by atoms with van der Waals surface area (Å²) in [6.07, 6.45) is 1.51. The molecule has 2 aromatic heterocycles. The van der Waals surface area contributed by atoms with E-state index < -0.39 is 0 Å². The fraction of sp³-hybridized carbons (Fsp3) is 0.364. The first-order valence-electron chi connectivity index (χ1n) is 5.47. The smallest absolute Gasteiger partial charge is 0.146 e. The largest absolute Gasteiger partial charge is 0.372 e. The molecule has 7 heteroatoms. The van der Waals surface area contributed by atoms with E-state index in [1.165, 1.54) is 6.33 Å². The molecule has 0 aliphatic heterocycles. The zero-order chi connectivity index (χ0) is 13.1. The van der Waals surface area contributed by atoms with Gasteiger partial charge in [-0.05, 0) is 29.8 Å². The van der Waals surface area contributed by atoms with Crippen molar-refractivity contribution in [3.8, 4) is 0 Å². The Bertz CT molecular complexity index is 535. The van der Waals surface area contributed by atoms with Crippen LogP contribution in [0.5, 0.6) is 0 Å².